The molecule has 0 saturated heterocycles. The zero-order valence-electron chi connectivity index (χ0n) is 14.0. The van der Waals surface area contributed by atoms with Gasteiger partial charge in [-0.25, -0.2) is 4.79 Å². The molecule has 0 fully saturated rings. The number of carboxylic acid groups (broad SMARTS) is 1. The van der Waals surface area contributed by atoms with E-state index < -0.39 is 11.4 Å². The molecule has 126 valence electrons. The highest BCUT2D eigenvalue weighted by Gasteiger charge is 2.20. The molecule has 0 aliphatic heterocycles. The molecule has 0 unspecified atom stereocenters. The van der Waals surface area contributed by atoms with Crippen molar-refractivity contribution in [1.82, 2.24) is 5.32 Å². The first kappa shape index (κ1) is 18.7. The second-order valence-electron chi connectivity index (χ2n) is 6.51. The molecule has 0 spiro atoms. The van der Waals surface area contributed by atoms with Crippen LogP contribution in [0.15, 0.2) is 18.2 Å². The minimum Gasteiger partial charge on any atom is -0.478 e. The summed E-state index contributed by atoms with van der Waals surface area (Å²) in [6, 6.07) is 4.84. The number of benzene rings is 1. The van der Waals surface area contributed by atoms with Gasteiger partial charge in [-0.2, -0.15) is 0 Å². The molecule has 1 aromatic rings. The molecule has 3 N–H and O–H groups in total. The Balaban J connectivity index is 2.49. The van der Waals surface area contributed by atoms with Crippen LogP contribution in [0.25, 0.3) is 0 Å². The Kier molecular flexibility index (Phi) is 6.30. The van der Waals surface area contributed by atoms with Gasteiger partial charge in [-0.05, 0) is 25.5 Å². The Labute approximate surface area is 136 Å². The second-order valence-corrected chi connectivity index (χ2v) is 6.51. The van der Waals surface area contributed by atoms with Gasteiger partial charge in [-0.15, -0.1) is 0 Å². The van der Waals surface area contributed by atoms with E-state index in [2.05, 4.69) is 10.6 Å². The van der Waals surface area contributed by atoms with E-state index >= 15 is 0 Å². The lowest BCUT2D eigenvalue weighted by Gasteiger charge is -2.17. The maximum atomic E-state index is 11.9. The van der Waals surface area contributed by atoms with Crippen molar-refractivity contribution in [2.75, 3.05) is 11.9 Å². The number of aryl methyl sites for hydroxylation is 1. The molecule has 6 heteroatoms. The maximum Gasteiger partial charge on any atom is 0.337 e. The predicted octanol–water partition coefficient (Wildman–Crippen LogP) is 2.57. The average Bonchev–Trinajstić information content (AvgIpc) is 2.44. The van der Waals surface area contributed by atoms with Crippen molar-refractivity contribution in [2.24, 2.45) is 5.41 Å². The summed E-state index contributed by atoms with van der Waals surface area (Å²) in [4.78, 5) is 34.8. The Bertz CT molecular complexity index is 603. The molecule has 0 aromatic heterocycles. The molecule has 2 amide bonds. The van der Waals surface area contributed by atoms with Crippen molar-refractivity contribution >= 4 is 23.5 Å². The van der Waals surface area contributed by atoms with E-state index in [9.17, 15) is 14.4 Å². The van der Waals surface area contributed by atoms with Gasteiger partial charge in [0.1, 0.15) is 0 Å². The molecule has 0 atom stereocenters. The molecule has 1 rings (SSSR count). The van der Waals surface area contributed by atoms with Crippen molar-refractivity contribution in [3.8, 4) is 0 Å². The average molecular weight is 320 g/mol. The van der Waals surface area contributed by atoms with E-state index in [1.165, 1.54) is 6.07 Å². The fraction of sp³-hybridized carbons (Fsp3) is 0.471. The zero-order valence-corrected chi connectivity index (χ0v) is 14.0. The Hall–Kier alpha value is -2.37. The molecular weight excluding hydrogens is 296 g/mol. The first-order valence-electron chi connectivity index (χ1n) is 7.53. The molecule has 23 heavy (non-hydrogen) atoms. The topological polar surface area (TPSA) is 95.5 Å². The molecule has 0 radical (unpaired) electrons. The van der Waals surface area contributed by atoms with Crippen LogP contribution in [0.5, 0.6) is 0 Å². The van der Waals surface area contributed by atoms with Crippen LogP contribution in [-0.2, 0) is 9.59 Å². The van der Waals surface area contributed by atoms with Crippen molar-refractivity contribution in [1.29, 1.82) is 0 Å². The number of aromatic carboxylic acids is 1. The van der Waals surface area contributed by atoms with Gasteiger partial charge in [0.05, 0.1) is 11.3 Å². The van der Waals surface area contributed by atoms with Gasteiger partial charge >= 0.3 is 5.97 Å². The fourth-order valence-corrected chi connectivity index (χ4v) is 1.87. The summed E-state index contributed by atoms with van der Waals surface area (Å²) < 4.78 is 0. The number of amides is 2. The monoisotopic (exact) mass is 320 g/mol. The number of carbonyl (C=O) groups excluding carboxylic acids is 2. The smallest absolute Gasteiger partial charge is 0.337 e. The largest absolute Gasteiger partial charge is 0.478 e. The number of carboxylic acids is 1. The molecule has 0 aliphatic rings. The minimum absolute atomic E-state index is 0.0652. The third-order valence-electron chi connectivity index (χ3n) is 3.23. The fourth-order valence-electron chi connectivity index (χ4n) is 1.87. The summed E-state index contributed by atoms with van der Waals surface area (Å²) in [6.07, 6.45) is 0.694. The Morgan fingerprint density at radius 2 is 1.83 bits per heavy atom. The van der Waals surface area contributed by atoms with Gasteiger partial charge in [0.2, 0.25) is 11.8 Å². The van der Waals surface area contributed by atoms with Crippen LogP contribution in [0.3, 0.4) is 0 Å². The van der Waals surface area contributed by atoms with Gasteiger partial charge in [0, 0.05) is 18.4 Å². The van der Waals surface area contributed by atoms with E-state index in [-0.39, 0.29) is 29.5 Å². The van der Waals surface area contributed by atoms with Crippen molar-refractivity contribution < 1.29 is 19.5 Å². The Morgan fingerprint density at radius 3 is 2.39 bits per heavy atom. The molecule has 0 heterocycles. The molecular formula is C17H24N2O4. The quantitative estimate of drug-likeness (QED) is 0.702. The van der Waals surface area contributed by atoms with E-state index in [1.807, 2.05) is 20.8 Å². The molecule has 1 aromatic carbocycles. The molecule has 0 aliphatic carbocycles. The van der Waals surface area contributed by atoms with Crippen LogP contribution in [-0.4, -0.2) is 29.4 Å². The maximum absolute atomic E-state index is 11.9. The van der Waals surface area contributed by atoms with Crippen molar-refractivity contribution in [3.05, 3.63) is 29.3 Å². The lowest BCUT2D eigenvalue weighted by atomic mass is 9.96. The van der Waals surface area contributed by atoms with Crippen LogP contribution in [0.4, 0.5) is 5.69 Å². The summed E-state index contributed by atoms with van der Waals surface area (Å²) in [5.41, 5.74) is 0.706. The molecule has 0 saturated carbocycles. The van der Waals surface area contributed by atoms with Crippen molar-refractivity contribution in [2.45, 2.75) is 40.5 Å². The van der Waals surface area contributed by atoms with E-state index in [0.717, 1.165) is 5.56 Å². The third kappa shape index (κ3) is 6.10. The van der Waals surface area contributed by atoms with Crippen LogP contribution in [0, 0.1) is 12.3 Å². The number of anilines is 1. The summed E-state index contributed by atoms with van der Waals surface area (Å²) in [6.45, 7) is 7.65. The van der Waals surface area contributed by atoms with Crippen LogP contribution >= 0.6 is 0 Å². The summed E-state index contributed by atoms with van der Waals surface area (Å²) in [7, 11) is 0. The van der Waals surface area contributed by atoms with E-state index in [0.29, 0.717) is 13.0 Å². The molecule has 0 bridgehead atoms. The highest BCUT2D eigenvalue weighted by molar-refractivity contribution is 6.00. The summed E-state index contributed by atoms with van der Waals surface area (Å²) in [5, 5.41) is 14.5. The Morgan fingerprint density at radius 1 is 1.17 bits per heavy atom. The number of hydrogen-bond donors (Lipinski definition) is 3. The first-order chi connectivity index (χ1) is 10.6. The number of carbonyl (C=O) groups is 3. The SMILES string of the molecule is Cc1ccc(NC(=O)CCCNC(=O)C(C)(C)C)c(C(=O)O)c1. The van der Waals surface area contributed by atoms with E-state index in [1.54, 1.807) is 19.1 Å². The normalized spacial score (nSPS) is 11.0. The lowest BCUT2D eigenvalue weighted by Crippen LogP contribution is -2.35. The van der Waals surface area contributed by atoms with E-state index in [4.69, 9.17) is 5.11 Å². The second kappa shape index (κ2) is 7.76. The number of hydrogen-bond acceptors (Lipinski definition) is 3. The standard InChI is InChI=1S/C17H24N2O4/c1-11-7-8-13(12(10-11)15(21)22)19-14(20)6-5-9-18-16(23)17(2,3)4/h7-8,10H,5-6,9H2,1-4H3,(H,18,23)(H,19,20)(H,21,22). The van der Waals surface area contributed by atoms with Gasteiger partial charge in [0.15, 0.2) is 0 Å². The van der Waals surface area contributed by atoms with Gasteiger partial charge in [0.25, 0.3) is 0 Å². The summed E-state index contributed by atoms with van der Waals surface area (Å²) >= 11 is 0. The third-order valence-corrected chi connectivity index (χ3v) is 3.23. The van der Waals surface area contributed by atoms with Crippen LogP contribution in [0.2, 0.25) is 0 Å². The summed E-state index contributed by atoms with van der Waals surface area (Å²) in [5.74, 6) is -1.42. The van der Waals surface area contributed by atoms with Crippen LogP contribution in [0.1, 0.15) is 49.5 Å². The van der Waals surface area contributed by atoms with Gasteiger partial charge < -0.3 is 15.7 Å². The minimum atomic E-state index is -1.08. The molecule has 6 nitrogen and oxygen atoms in total. The first-order valence-corrected chi connectivity index (χ1v) is 7.53. The lowest BCUT2D eigenvalue weighted by molar-refractivity contribution is -0.128. The predicted molar refractivity (Wildman–Crippen MR) is 88.5 cm³/mol. The number of rotatable bonds is 6. The highest BCUT2D eigenvalue weighted by atomic mass is 16.4. The zero-order chi connectivity index (χ0) is 17.6. The van der Waals surface area contributed by atoms with Crippen LogP contribution < -0.4 is 10.6 Å². The highest BCUT2D eigenvalue weighted by Crippen LogP contribution is 2.18. The number of nitrogens with one attached hydrogen (secondary N) is 2. The van der Waals surface area contributed by atoms with Gasteiger partial charge in [-0.1, -0.05) is 32.4 Å². The van der Waals surface area contributed by atoms with Crippen molar-refractivity contribution in [3.63, 3.8) is 0 Å². The van der Waals surface area contributed by atoms with Gasteiger partial charge in [-0.3, -0.25) is 9.59 Å².